The van der Waals surface area contributed by atoms with E-state index < -0.39 is 5.60 Å². The van der Waals surface area contributed by atoms with Gasteiger partial charge in [0.2, 0.25) is 0 Å². The van der Waals surface area contributed by atoms with Crippen molar-refractivity contribution in [3.05, 3.63) is 10.4 Å². The highest BCUT2D eigenvalue weighted by Crippen LogP contribution is 2.27. The van der Waals surface area contributed by atoms with E-state index in [9.17, 15) is 5.11 Å². The molecule has 0 spiro atoms. The quantitative estimate of drug-likeness (QED) is 0.370. The van der Waals surface area contributed by atoms with Crippen molar-refractivity contribution < 1.29 is 5.11 Å². The summed E-state index contributed by atoms with van der Waals surface area (Å²) in [6, 6.07) is 0. The fourth-order valence-corrected chi connectivity index (χ4v) is 1.53. The molecule has 0 amide bonds. The Morgan fingerprint density at radius 3 is 2.55 bits per heavy atom. The summed E-state index contributed by atoms with van der Waals surface area (Å²) in [7, 11) is 0. The first-order chi connectivity index (χ1) is 5.27. The Bertz CT molecular complexity index is 169. The highest BCUT2D eigenvalue weighted by molar-refractivity contribution is 4.84. The van der Waals surface area contributed by atoms with Gasteiger partial charge in [-0.2, -0.15) is 0 Å². The van der Waals surface area contributed by atoms with Crippen LogP contribution in [0.5, 0.6) is 0 Å². The second-order valence-electron chi connectivity index (χ2n) is 3.17. The predicted molar refractivity (Wildman–Crippen MR) is 42.0 cm³/mol. The molecule has 0 aromatic rings. The molecule has 0 unspecified atom stereocenters. The maximum Gasteiger partial charge on any atom is 0.0704 e. The summed E-state index contributed by atoms with van der Waals surface area (Å²) in [5.41, 5.74) is 7.37. The van der Waals surface area contributed by atoms with Crippen molar-refractivity contribution in [3.63, 3.8) is 0 Å². The van der Waals surface area contributed by atoms with Crippen molar-refractivity contribution in [1.82, 2.24) is 0 Å². The van der Waals surface area contributed by atoms with Crippen molar-refractivity contribution in [2.75, 3.05) is 6.54 Å². The first-order valence-corrected chi connectivity index (χ1v) is 4.00. The van der Waals surface area contributed by atoms with Gasteiger partial charge >= 0.3 is 0 Å². The molecular formula is C7H13N3O. The molecule has 1 rings (SSSR count). The Balaban J connectivity index is 2.42. The van der Waals surface area contributed by atoms with Gasteiger partial charge in [-0.25, -0.2) is 0 Å². The third-order valence-electron chi connectivity index (χ3n) is 2.21. The molecule has 0 saturated heterocycles. The summed E-state index contributed by atoms with van der Waals surface area (Å²) in [5.74, 6) is 0. The van der Waals surface area contributed by atoms with E-state index in [0.29, 0.717) is 0 Å². The minimum Gasteiger partial charge on any atom is -0.390 e. The normalized spacial score (nSPS) is 22.3. The van der Waals surface area contributed by atoms with Gasteiger partial charge < -0.3 is 5.11 Å². The zero-order chi connectivity index (χ0) is 8.16. The van der Waals surface area contributed by atoms with Crippen LogP contribution in [-0.4, -0.2) is 17.3 Å². The lowest BCUT2D eigenvalue weighted by atomic mass is 9.85. The second-order valence-corrected chi connectivity index (χ2v) is 3.17. The molecule has 1 saturated carbocycles. The fourth-order valence-electron chi connectivity index (χ4n) is 1.53. The van der Waals surface area contributed by atoms with Crippen LogP contribution in [0.4, 0.5) is 0 Å². The van der Waals surface area contributed by atoms with Crippen LogP contribution in [0.1, 0.15) is 32.1 Å². The average molecular weight is 155 g/mol. The van der Waals surface area contributed by atoms with E-state index in [0.717, 1.165) is 25.7 Å². The minimum absolute atomic E-state index is 0.240. The van der Waals surface area contributed by atoms with Crippen LogP contribution in [0.25, 0.3) is 10.4 Å². The molecule has 0 aliphatic heterocycles. The van der Waals surface area contributed by atoms with Gasteiger partial charge in [0.05, 0.1) is 12.1 Å². The van der Waals surface area contributed by atoms with Gasteiger partial charge in [-0.3, -0.25) is 0 Å². The molecule has 62 valence electrons. The zero-order valence-electron chi connectivity index (χ0n) is 6.53. The SMILES string of the molecule is [N-]=[N+]=NCC1(O)CCCCC1. The number of rotatable bonds is 2. The number of azide groups is 1. The lowest BCUT2D eigenvalue weighted by molar-refractivity contribution is 0.0129. The van der Waals surface area contributed by atoms with Gasteiger partial charge in [-0.05, 0) is 18.4 Å². The molecule has 4 nitrogen and oxygen atoms in total. The molecule has 1 aliphatic rings. The van der Waals surface area contributed by atoms with E-state index >= 15 is 0 Å². The Kier molecular flexibility index (Phi) is 2.74. The van der Waals surface area contributed by atoms with E-state index in [-0.39, 0.29) is 6.54 Å². The lowest BCUT2D eigenvalue weighted by Gasteiger charge is -2.30. The molecular weight excluding hydrogens is 142 g/mol. The number of nitrogens with zero attached hydrogens (tertiary/aromatic N) is 3. The molecule has 0 heterocycles. The Morgan fingerprint density at radius 1 is 1.36 bits per heavy atom. The average Bonchev–Trinajstić information content (AvgIpc) is 2.03. The molecule has 0 bridgehead atoms. The molecule has 1 fully saturated rings. The van der Waals surface area contributed by atoms with Crippen LogP contribution >= 0.6 is 0 Å². The first-order valence-electron chi connectivity index (χ1n) is 4.00. The van der Waals surface area contributed by atoms with E-state index in [1.54, 1.807) is 0 Å². The summed E-state index contributed by atoms with van der Waals surface area (Å²) in [5, 5.41) is 13.1. The molecule has 0 radical (unpaired) electrons. The second kappa shape index (κ2) is 3.60. The highest BCUT2D eigenvalue weighted by atomic mass is 16.3. The molecule has 1 aliphatic carbocycles. The molecule has 0 aromatic carbocycles. The van der Waals surface area contributed by atoms with E-state index in [1.807, 2.05) is 0 Å². The smallest absolute Gasteiger partial charge is 0.0704 e. The summed E-state index contributed by atoms with van der Waals surface area (Å²) in [6.45, 7) is 0.240. The topological polar surface area (TPSA) is 69.0 Å². The summed E-state index contributed by atoms with van der Waals surface area (Å²) < 4.78 is 0. The van der Waals surface area contributed by atoms with Crippen molar-refractivity contribution in [2.24, 2.45) is 5.11 Å². The highest BCUT2D eigenvalue weighted by Gasteiger charge is 2.27. The molecule has 0 atom stereocenters. The van der Waals surface area contributed by atoms with Crippen LogP contribution in [0, 0.1) is 0 Å². The van der Waals surface area contributed by atoms with Crippen LogP contribution in [0.15, 0.2) is 5.11 Å². The van der Waals surface area contributed by atoms with Gasteiger partial charge in [-0.15, -0.1) is 0 Å². The lowest BCUT2D eigenvalue weighted by Crippen LogP contribution is -2.34. The van der Waals surface area contributed by atoms with Crippen molar-refractivity contribution in [2.45, 2.75) is 37.7 Å². The van der Waals surface area contributed by atoms with E-state index in [2.05, 4.69) is 10.0 Å². The first kappa shape index (κ1) is 8.37. The fraction of sp³-hybridized carbons (Fsp3) is 1.00. The number of aliphatic hydroxyl groups is 1. The monoisotopic (exact) mass is 155 g/mol. The number of hydrogen-bond acceptors (Lipinski definition) is 2. The molecule has 0 aromatic heterocycles. The molecule has 11 heavy (non-hydrogen) atoms. The Morgan fingerprint density at radius 2 is 2.00 bits per heavy atom. The Labute approximate surface area is 65.9 Å². The van der Waals surface area contributed by atoms with E-state index in [1.165, 1.54) is 6.42 Å². The Hall–Kier alpha value is -0.730. The van der Waals surface area contributed by atoms with E-state index in [4.69, 9.17) is 5.53 Å². The number of hydrogen-bond donors (Lipinski definition) is 1. The van der Waals surface area contributed by atoms with Gasteiger partial charge in [-0.1, -0.05) is 24.4 Å². The predicted octanol–water partition coefficient (Wildman–Crippen LogP) is 1.99. The third-order valence-corrected chi connectivity index (χ3v) is 2.21. The molecule has 4 heteroatoms. The van der Waals surface area contributed by atoms with Gasteiger partial charge in [0.15, 0.2) is 0 Å². The standard InChI is InChI=1S/C7H13N3O/c8-10-9-6-7(11)4-2-1-3-5-7/h11H,1-6H2. The zero-order valence-corrected chi connectivity index (χ0v) is 6.53. The molecule has 1 N–H and O–H groups in total. The largest absolute Gasteiger partial charge is 0.390 e. The van der Waals surface area contributed by atoms with Crippen LogP contribution in [-0.2, 0) is 0 Å². The summed E-state index contributed by atoms with van der Waals surface area (Å²) >= 11 is 0. The summed E-state index contributed by atoms with van der Waals surface area (Å²) in [4.78, 5) is 2.64. The van der Waals surface area contributed by atoms with Gasteiger partial charge in [0.25, 0.3) is 0 Å². The van der Waals surface area contributed by atoms with Gasteiger partial charge in [0, 0.05) is 4.91 Å². The van der Waals surface area contributed by atoms with Crippen molar-refractivity contribution in [3.8, 4) is 0 Å². The maximum atomic E-state index is 9.74. The van der Waals surface area contributed by atoms with Gasteiger partial charge in [0.1, 0.15) is 0 Å². The maximum absolute atomic E-state index is 9.74. The van der Waals surface area contributed by atoms with Crippen LogP contribution in [0.3, 0.4) is 0 Å². The van der Waals surface area contributed by atoms with Crippen LogP contribution < -0.4 is 0 Å². The van der Waals surface area contributed by atoms with Crippen molar-refractivity contribution in [1.29, 1.82) is 0 Å². The van der Waals surface area contributed by atoms with Crippen LogP contribution in [0.2, 0.25) is 0 Å². The third kappa shape index (κ3) is 2.41. The van der Waals surface area contributed by atoms with Crippen molar-refractivity contribution >= 4 is 0 Å². The summed E-state index contributed by atoms with van der Waals surface area (Å²) in [6.07, 6.45) is 4.87. The minimum atomic E-state index is -0.690.